The predicted molar refractivity (Wildman–Crippen MR) is 270 cm³/mol. The van der Waals surface area contributed by atoms with E-state index in [-0.39, 0.29) is 44.6 Å². The molecule has 0 saturated carbocycles. The Labute approximate surface area is 374 Å². The molecule has 1 aromatic heterocycles. The Morgan fingerprint density at radius 3 is 1.57 bits per heavy atom. The first-order valence-electron chi connectivity index (χ1n) is 23.4. The van der Waals surface area contributed by atoms with Crippen LogP contribution in [0.3, 0.4) is 0 Å². The van der Waals surface area contributed by atoms with E-state index in [0.29, 0.717) is 0 Å². The second-order valence-corrected chi connectivity index (χ2v) is 26.4. The number of aryl methyl sites for hydroxylation is 1. The van der Waals surface area contributed by atoms with E-state index >= 15 is 0 Å². The van der Waals surface area contributed by atoms with E-state index in [9.17, 15) is 0 Å². The maximum atomic E-state index is 2.75. The molecule has 320 valence electrons. The number of fused-ring (bicyclic) bond motifs is 7. The first-order chi connectivity index (χ1) is 28.0. The van der Waals surface area contributed by atoms with Crippen molar-refractivity contribution in [3.63, 3.8) is 0 Å². The van der Waals surface area contributed by atoms with Crippen LogP contribution in [-0.4, -0.2) is 6.71 Å². The maximum Gasteiger partial charge on any atom is 0.264 e. The number of hydrogen-bond acceptors (Lipinski definition) is 3. The summed E-state index contributed by atoms with van der Waals surface area (Å²) in [4.78, 5) is 7.05. The Morgan fingerprint density at radius 2 is 1.02 bits per heavy atom. The minimum Gasteiger partial charge on any atom is -0.311 e. The molecule has 4 aromatic carbocycles. The molecule has 0 N–H and O–H groups in total. The molecule has 2 aliphatic heterocycles. The number of hydrogen-bond donors (Lipinski definition) is 0. The lowest BCUT2D eigenvalue weighted by atomic mass is 9.35. The molecule has 3 heterocycles. The van der Waals surface area contributed by atoms with Gasteiger partial charge in [-0.05, 0) is 157 Å². The van der Waals surface area contributed by atoms with Crippen molar-refractivity contribution in [3.8, 4) is 0 Å². The minimum absolute atomic E-state index is 0.0395. The fraction of sp³-hybridized carbons (Fsp3) is 0.509. The largest absolute Gasteiger partial charge is 0.311 e. The van der Waals surface area contributed by atoms with Crippen molar-refractivity contribution >= 4 is 67.9 Å². The summed E-state index contributed by atoms with van der Waals surface area (Å²) in [5.74, 6) is 0. The maximum absolute atomic E-state index is 2.75. The van der Waals surface area contributed by atoms with E-state index in [4.69, 9.17) is 0 Å². The van der Waals surface area contributed by atoms with Crippen LogP contribution in [0.1, 0.15) is 187 Å². The summed E-state index contributed by atoms with van der Waals surface area (Å²) >= 11 is 2.15. The van der Waals surface area contributed by atoms with Gasteiger partial charge < -0.3 is 9.80 Å². The summed E-state index contributed by atoms with van der Waals surface area (Å²) in [6, 6.07) is 27.5. The van der Waals surface area contributed by atoms with Crippen LogP contribution >= 0.6 is 11.3 Å². The molecule has 0 saturated heterocycles. The van der Waals surface area contributed by atoms with Crippen LogP contribution < -0.4 is 25.5 Å². The zero-order chi connectivity index (χ0) is 44.4. The van der Waals surface area contributed by atoms with Gasteiger partial charge in [0.05, 0.1) is 5.69 Å². The molecule has 9 rings (SSSR count). The molecule has 0 unspecified atom stereocenters. The summed E-state index contributed by atoms with van der Waals surface area (Å²) in [5.41, 5.74) is 21.4. The molecule has 0 amide bonds. The molecule has 0 fully saturated rings. The van der Waals surface area contributed by atoms with Crippen LogP contribution in [0.2, 0.25) is 0 Å². The summed E-state index contributed by atoms with van der Waals surface area (Å²) in [6.45, 7) is 43.8. The normalized spacial score (nSPS) is 19.5. The highest BCUT2D eigenvalue weighted by Gasteiger charge is 2.52. The third-order valence-corrected chi connectivity index (χ3v) is 17.3. The molecule has 4 heteroatoms. The van der Waals surface area contributed by atoms with E-state index in [1.807, 2.05) is 0 Å². The lowest BCUT2D eigenvalue weighted by molar-refractivity contribution is 0.332. The smallest absolute Gasteiger partial charge is 0.264 e. The van der Waals surface area contributed by atoms with Crippen LogP contribution in [0.25, 0.3) is 0 Å². The zero-order valence-corrected chi connectivity index (χ0v) is 41.9. The quantitative estimate of drug-likeness (QED) is 0.160. The third kappa shape index (κ3) is 6.53. The Morgan fingerprint density at radius 1 is 0.508 bits per heavy atom. The second-order valence-electron chi connectivity index (χ2n) is 25.3. The summed E-state index contributed by atoms with van der Waals surface area (Å²) in [5, 5.41) is 0. The zero-order valence-electron chi connectivity index (χ0n) is 41.1. The van der Waals surface area contributed by atoms with Gasteiger partial charge in [-0.1, -0.05) is 148 Å². The molecule has 2 nitrogen and oxygen atoms in total. The van der Waals surface area contributed by atoms with E-state index in [0.717, 1.165) is 0 Å². The first-order valence-corrected chi connectivity index (χ1v) is 24.2. The van der Waals surface area contributed by atoms with Crippen LogP contribution in [0.5, 0.6) is 0 Å². The number of benzene rings is 4. The van der Waals surface area contributed by atoms with Crippen LogP contribution in [-0.2, 0) is 37.9 Å². The van der Waals surface area contributed by atoms with Crippen molar-refractivity contribution in [3.05, 3.63) is 111 Å². The summed E-state index contributed by atoms with van der Waals surface area (Å²) in [6.07, 6.45) is 4.78. The molecule has 2 aliphatic carbocycles. The molecule has 61 heavy (non-hydrogen) atoms. The Hall–Kier alpha value is -3.76. The van der Waals surface area contributed by atoms with Gasteiger partial charge in [0.25, 0.3) is 6.71 Å². The van der Waals surface area contributed by atoms with Gasteiger partial charge in [0.1, 0.15) is 0 Å². The molecule has 0 spiro atoms. The summed E-state index contributed by atoms with van der Waals surface area (Å²) < 4.78 is 1.53. The van der Waals surface area contributed by atoms with Crippen LogP contribution in [0.15, 0.2) is 66.7 Å². The number of anilines is 6. The molecule has 4 aliphatic rings. The van der Waals surface area contributed by atoms with Gasteiger partial charge >= 0.3 is 0 Å². The molecular weight excluding hydrogens is 756 g/mol. The minimum atomic E-state index is -0.0721. The van der Waals surface area contributed by atoms with Crippen molar-refractivity contribution in [2.24, 2.45) is 0 Å². The second kappa shape index (κ2) is 13.2. The topological polar surface area (TPSA) is 6.48 Å². The van der Waals surface area contributed by atoms with E-state index in [1.165, 1.54) is 103 Å². The Bertz CT molecular complexity index is 2610. The van der Waals surface area contributed by atoms with Gasteiger partial charge in [-0.15, -0.1) is 0 Å². The standard InChI is InChI=1S/C57H73BN2S/c1-34-29-36(52(5,6)7)21-24-42(34)60-43-33-40-39(54(11,12)25-26-55(40,13)14)32-41(43)58-47-44(30-37(31-45(47)60)53(8,9)10)59(38-22-19-35(20-23-38)51(2,3)4)48-46-49(61-50(48)58)57(17,18)28-27-56(46,15)16/h19-24,29-33H,25-28H2,1-18H3. The van der Waals surface area contributed by atoms with E-state index < -0.39 is 0 Å². The van der Waals surface area contributed by atoms with Gasteiger partial charge in [-0.3, -0.25) is 0 Å². The highest BCUT2D eigenvalue weighted by atomic mass is 32.1. The number of nitrogens with zero attached hydrogens (tertiary/aromatic N) is 2. The summed E-state index contributed by atoms with van der Waals surface area (Å²) in [7, 11) is 0. The average Bonchev–Trinajstić information content (AvgIpc) is 3.57. The van der Waals surface area contributed by atoms with Crippen LogP contribution in [0.4, 0.5) is 34.1 Å². The molecule has 0 bridgehead atoms. The van der Waals surface area contributed by atoms with Crippen molar-refractivity contribution in [1.82, 2.24) is 0 Å². The SMILES string of the molecule is Cc1cc(C(C)(C)C)ccc1N1c2cc3c(cc2B2c4sc5c(c4N(c4ccc(C(C)(C)C)cc4)c4cc(C(C)(C)C)cc1c42)C(C)(C)CCC5(C)C)C(C)(C)CCC3(C)C. The lowest BCUT2D eigenvalue weighted by Crippen LogP contribution is -2.61. The fourth-order valence-corrected chi connectivity index (χ4v) is 13.0. The van der Waals surface area contributed by atoms with Crippen molar-refractivity contribution in [2.45, 2.75) is 188 Å². The molecular formula is C57H73BN2S. The van der Waals surface area contributed by atoms with Crippen molar-refractivity contribution in [1.29, 1.82) is 0 Å². The Balaban J connectivity index is 1.47. The molecule has 0 atom stereocenters. The van der Waals surface area contributed by atoms with Crippen LogP contribution in [0, 0.1) is 6.92 Å². The number of rotatable bonds is 2. The number of thiophene rings is 1. The van der Waals surface area contributed by atoms with Crippen molar-refractivity contribution < 1.29 is 0 Å². The van der Waals surface area contributed by atoms with Gasteiger partial charge in [0.15, 0.2) is 0 Å². The van der Waals surface area contributed by atoms with Crippen molar-refractivity contribution in [2.75, 3.05) is 9.80 Å². The van der Waals surface area contributed by atoms with Gasteiger partial charge in [0.2, 0.25) is 0 Å². The van der Waals surface area contributed by atoms with Gasteiger partial charge in [0, 0.05) is 38.1 Å². The fourth-order valence-electron chi connectivity index (χ4n) is 11.3. The average molecular weight is 829 g/mol. The molecule has 5 aromatic rings. The highest BCUT2D eigenvalue weighted by molar-refractivity contribution is 7.29. The van der Waals surface area contributed by atoms with Gasteiger partial charge in [-0.25, -0.2) is 0 Å². The predicted octanol–water partition coefficient (Wildman–Crippen LogP) is 14.7. The third-order valence-electron chi connectivity index (χ3n) is 15.7. The van der Waals surface area contributed by atoms with E-state index in [2.05, 4.69) is 212 Å². The lowest BCUT2D eigenvalue weighted by Gasteiger charge is -2.48. The Kier molecular flexibility index (Phi) is 9.17. The highest BCUT2D eigenvalue weighted by Crippen LogP contribution is 2.57. The van der Waals surface area contributed by atoms with E-state index in [1.54, 1.807) is 16.0 Å². The molecule has 0 radical (unpaired) electrons. The monoisotopic (exact) mass is 829 g/mol. The van der Waals surface area contributed by atoms with Gasteiger partial charge in [-0.2, -0.15) is 11.3 Å². The first kappa shape index (κ1) is 42.5.